The third-order valence-electron chi connectivity index (χ3n) is 4.11. The zero-order valence-corrected chi connectivity index (χ0v) is 15.2. The highest BCUT2D eigenvalue weighted by Gasteiger charge is 2.12. The van der Waals surface area contributed by atoms with Gasteiger partial charge in [-0.3, -0.25) is 0 Å². The molecule has 0 aromatic heterocycles. The van der Waals surface area contributed by atoms with Crippen molar-refractivity contribution in [2.45, 2.75) is 20.5 Å². The van der Waals surface area contributed by atoms with Crippen LogP contribution in [0.15, 0.2) is 65.8 Å². The minimum absolute atomic E-state index is 0.341. The SMILES string of the molecule is COC(=O)c1ccc(-c2ccc3ccccc3c2CON=C(C)C)cc1. The molecule has 0 saturated carbocycles. The normalized spacial score (nSPS) is 10.4. The van der Waals surface area contributed by atoms with Crippen molar-refractivity contribution in [3.8, 4) is 11.1 Å². The van der Waals surface area contributed by atoms with Crippen LogP contribution in [0, 0.1) is 0 Å². The molecule has 0 aliphatic carbocycles. The Balaban J connectivity index is 2.06. The van der Waals surface area contributed by atoms with Crippen LogP contribution in [0.4, 0.5) is 0 Å². The average molecular weight is 347 g/mol. The van der Waals surface area contributed by atoms with Gasteiger partial charge in [-0.2, -0.15) is 0 Å². The van der Waals surface area contributed by atoms with E-state index >= 15 is 0 Å². The molecule has 0 saturated heterocycles. The lowest BCUT2D eigenvalue weighted by atomic mass is 9.94. The molecule has 0 N–H and O–H groups in total. The van der Waals surface area contributed by atoms with E-state index in [2.05, 4.69) is 29.4 Å². The molecular formula is C22H21NO3. The highest BCUT2D eigenvalue weighted by atomic mass is 16.6. The molecule has 4 nitrogen and oxygen atoms in total. The minimum atomic E-state index is -0.341. The van der Waals surface area contributed by atoms with Gasteiger partial charge in [0.05, 0.1) is 18.4 Å². The molecular weight excluding hydrogens is 326 g/mol. The fourth-order valence-corrected chi connectivity index (χ4v) is 2.89. The summed E-state index contributed by atoms with van der Waals surface area (Å²) in [6.45, 7) is 4.17. The van der Waals surface area contributed by atoms with Gasteiger partial charge >= 0.3 is 5.97 Å². The Hall–Kier alpha value is -3.14. The zero-order valence-electron chi connectivity index (χ0n) is 15.2. The number of nitrogens with zero attached hydrogens (tertiary/aromatic N) is 1. The summed E-state index contributed by atoms with van der Waals surface area (Å²) in [7, 11) is 1.38. The molecule has 3 rings (SSSR count). The number of benzene rings is 3. The summed E-state index contributed by atoms with van der Waals surface area (Å²) >= 11 is 0. The van der Waals surface area contributed by atoms with Crippen molar-refractivity contribution in [3.63, 3.8) is 0 Å². The molecule has 0 amide bonds. The maximum absolute atomic E-state index is 11.7. The Kier molecular flexibility index (Phi) is 5.32. The Labute approximate surface area is 153 Å². The Morgan fingerprint density at radius 3 is 2.38 bits per heavy atom. The number of methoxy groups -OCH3 is 1. The van der Waals surface area contributed by atoms with E-state index in [1.807, 2.05) is 38.1 Å². The monoisotopic (exact) mass is 347 g/mol. The van der Waals surface area contributed by atoms with E-state index < -0.39 is 0 Å². The van der Waals surface area contributed by atoms with Crippen LogP contribution in [-0.4, -0.2) is 18.8 Å². The first-order valence-electron chi connectivity index (χ1n) is 8.42. The highest BCUT2D eigenvalue weighted by Crippen LogP contribution is 2.31. The summed E-state index contributed by atoms with van der Waals surface area (Å²) in [6.07, 6.45) is 0. The van der Waals surface area contributed by atoms with Gasteiger partial charge in [-0.25, -0.2) is 4.79 Å². The third-order valence-corrected chi connectivity index (χ3v) is 4.11. The Morgan fingerprint density at radius 2 is 1.69 bits per heavy atom. The number of carbonyl (C=O) groups is 1. The highest BCUT2D eigenvalue weighted by molar-refractivity contribution is 5.93. The molecule has 0 heterocycles. The second-order valence-corrected chi connectivity index (χ2v) is 6.19. The van der Waals surface area contributed by atoms with Crippen molar-refractivity contribution >= 4 is 22.5 Å². The molecule has 0 bridgehead atoms. The molecule has 3 aromatic rings. The van der Waals surface area contributed by atoms with Gasteiger partial charge in [0.15, 0.2) is 0 Å². The summed E-state index contributed by atoms with van der Waals surface area (Å²) < 4.78 is 4.77. The standard InChI is InChI=1S/C22H21NO3/c1-15(2)23-26-14-21-19-7-5-4-6-16(19)12-13-20(21)17-8-10-18(11-9-17)22(24)25-3/h4-13H,14H2,1-3H3. The molecule has 0 aliphatic rings. The van der Waals surface area contributed by atoms with E-state index in [-0.39, 0.29) is 5.97 Å². The lowest BCUT2D eigenvalue weighted by Gasteiger charge is -2.13. The first-order chi connectivity index (χ1) is 12.6. The van der Waals surface area contributed by atoms with Crippen molar-refractivity contribution < 1.29 is 14.4 Å². The van der Waals surface area contributed by atoms with Crippen molar-refractivity contribution in [1.82, 2.24) is 0 Å². The van der Waals surface area contributed by atoms with Crippen LogP contribution in [0.25, 0.3) is 21.9 Å². The van der Waals surface area contributed by atoms with Crippen LogP contribution in [0.1, 0.15) is 29.8 Å². The summed E-state index contributed by atoms with van der Waals surface area (Å²) in [5.41, 5.74) is 4.54. The first-order valence-corrected chi connectivity index (χ1v) is 8.42. The van der Waals surface area contributed by atoms with Crippen molar-refractivity contribution in [2.75, 3.05) is 7.11 Å². The lowest BCUT2D eigenvalue weighted by Crippen LogP contribution is -2.01. The minimum Gasteiger partial charge on any atom is -0.465 e. The average Bonchev–Trinajstić information content (AvgIpc) is 2.67. The van der Waals surface area contributed by atoms with E-state index in [0.29, 0.717) is 12.2 Å². The smallest absolute Gasteiger partial charge is 0.337 e. The van der Waals surface area contributed by atoms with Crippen LogP contribution >= 0.6 is 0 Å². The number of carbonyl (C=O) groups excluding carboxylic acids is 1. The summed E-state index contributed by atoms with van der Waals surface area (Å²) in [5.74, 6) is -0.341. The number of esters is 1. The van der Waals surface area contributed by atoms with Crippen LogP contribution in [-0.2, 0) is 16.2 Å². The predicted molar refractivity (Wildman–Crippen MR) is 104 cm³/mol. The lowest BCUT2D eigenvalue weighted by molar-refractivity contribution is 0.0601. The van der Waals surface area contributed by atoms with Gasteiger partial charge < -0.3 is 9.57 Å². The summed E-state index contributed by atoms with van der Waals surface area (Å²) in [6, 6.07) is 19.8. The molecule has 3 aromatic carbocycles. The molecule has 132 valence electrons. The Morgan fingerprint density at radius 1 is 0.962 bits per heavy atom. The maximum Gasteiger partial charge on any atom is 0.337 e. The number of oxime groups is 1. The number of hydrogen-bond donors (Lipinski definition) is 0. The molecule has 26 heavy (non-hydrogen) atoms. The largest absolute Gasteiger partial charge is 0.465 e. The number of fused-ring (bicyclic) bond motifs is 1. The molecule has 0 fully saturated rings. The first kappa shape index (κ1) is 17.7. The fourth-order valence-electron chi connectivity index (χ4n) is 2.89. The molecule has 0 aliphatic heterocycles. The van der Waals surface area contributed by atoms with Crippen LogP contribution < -0.4 is 0 Å². The van der Waals surface area contributed by atoms with Crippen LogP contribution in [0.2, 0.25) is 0 Å². The topological polar surface area (TPSA) is 47.9 Å². The van der Waals surface area contributed by atoms with E-state index in [0.717, 1.165) is 33.2 Å². The van der Waals surface area contributed by atoms with Crippen LogP contribution in [0.3, 0.4) is 0 Å². The number of ether oxygens (including phenoxy) is 1. The van der Waals surface area contributed by atoms with Gasteiger partial charge in [0.1, 0.15) is 6.61 Å². The molecule has 0 spiro atoms. The van der Waals surface area contributed by atoms with E-state index in [1.54, 1.807) is 12.1 Å². The van der Waals surface area contributed by atoms with Gasteiger partial charge in [0.25, 0.3) is 0 Å². The molecule has 0 radical (unpaired) electrons. The van der Waals surface area contributed by atoms with E-state index in [1.165, 1.54) is 7.11 Å². The Bertz CT molecular complexity index is 955. The fraction of sp³-hybridized carbons (Fsp3) is 0.182. The van der Waals surface area contributed by atoms with E-state index in [9.17, 15) is 4.79 Å². The van der Waals surface area contributed by atoms with Gasteiger partial charge in [0, 0.05) is 5.56 Å². The predicted octanol–water partition coefficient (Wildman–Crippen LogP) is 5.21. The molecule has 4 heteroatoms. The van der Waals surface area contributed by atoms with Gasteiger partial charge in [-0.05, 0) is 47.9 Å². The third kappa shape index (κ3) is 3.75. The van der Waals surface area contributed by atoms with Gasteiger partial charge in [-0.1, -0.05) is 53.7 Å². The van der Waals surface area contributed by atoms with Crippen molar-refractivity contribution in [2.24, 2.45) is 5.16 Å². The van der Waals surface area contributed by atoms with Crippen LogP contribution in [0.5, 0.6) is 0 Å². The molecule has 0 unspecified atom stereocenters. The van der Waals surface area contributed by atoms with Crippen molar-refractivity contribution in [1.29, 1.82) is 0 Å². The number of rotatable bonds is 5. The zero-order chi connectivity index (χ0) is 18.5. The van der Waals surface area contributed by atoms with E-state index in [4.69, 9.17) is 9.57 Å². The maximum atomic E-state index is 11.7. The summed E-state index contributed by atoms with van der Waals surface area (Å²) in [5, 5.41) is 6.35. The second kappa shape index (κ2) is 7.83. The summed E-state index contributed by atoms with van der Waals surface area (Å²) in [4.78, 5) is 17.2. The number of hydrogen-bond acceptors (Lipinski definition) is 4. The van der Waals surface area contributed by atoms with Gasteiger partial charge in [0.2, 0.25) is 0 Å². The van der Waals surface area contributed by atoms with Crippen molar-refractivity contribution in [3.05, 3.63) is 71.8 Å². The molecule has 0 atom stereocenters. The van der Waals surface area contributed by atoms with Gasteiger partial charge in [-0.15, -0.1) is 0 Å². The second-order valence-electron chi connectivity index (χ2n) is 6.19. The quantitative estimate of drug-likeness (QED) is 0.362.